The zero-order valence-corrected chi connectivity index (χ0v) is 14.5. The number of aromatic nitrogens is 2. The SMILES string of the molecule is CCC(=O)NN(Cc1ccc(SC(F)(F)F)cc1)C(=O)c1cnccn1. The number of hydrazine groups is 1. The second-order valence-electron chi connectivity index (χ2n) is 5.06. The molecule has 0 bridgehead atoms. The van der Waals surface area contributed by atoms with Crippen LogP contribution < -0.4 is 5.43 Å². The van der Waals surface area contributed by atoms with Crippen molar-refractivity contribution in [2.24, 2.45) is 0 Å². The topological polar surface area (TPSA) is 75.2 Å². The van der Waals surface area contributed by atoms with Gasteiger partial charge in [-0.15, -0.1) is 0 Å². The highest BCUT2D eigenvalue weighted by Crippen LogP contribution is 2.36. The first-order valence-electron chi connectivity index (χ1n) is 7.50. The van der Waals surface area contributed by atoms with Crippen molar-refractivity contribution in [2.75, 3.05) is 0 Å². The van der Waals surface area contributed by atoms with E-state index < -0.39 is 11.4 Å². The van der Waals surface area contributed by atoms with Crippen molar-refractivity contribution in [1.29, 1.82) is 0 Å². The molecule has 0 fully saturated rings. The van der Waals surface area contributed by atoms with Gasteiger partial charge in [-0.3, -0.25) is 20.0 Å². The lowest BCUT2D eigenvalue weighted by atomic mass is 10.2. The van der Waals surface area contributed by atoms with Gasteiger partial charge in [0, 0.05) is 23.7 Å². The summed E-state index contributed by atoms with van der Waals surface area (Å²) in [5.74, 6) is -0.958. The quantitative estimate of drug-likeness (QED) is 0.633. The van der Waals surface area contributed by atoms with Crippen molar-refractivity contribution >= 4 is 23.6 Å². The van der Waals surface area contributed by atoms with Gasteiger partial charge < -0.3 is 0 Å². The second kappa shape index (κ2) is 8.65. The molecular weight excluding hydrogens is 369 g/mol. The molecule has 0 unspecified atom stereocenters. The summed E-state index contributed by atoms with van der Waals surface area (Å²) < 4.78 is 37.1. The predicted octanol–water partition coefficient (Wildman–Crippen LogP) is 3.17. The van der Waals surface area contributed by atoms with Crippen LogP contribution in [0.2, 0.25) is 0 Å². The second-order valence-corrected chi connectivity index (χ2v) is 6.20. The third-order valence-electron chi connectivity index (χ3n) is 3.11. The monoisotopic (exact) mass is 384 g/mol. The number of hydrogen-bond acceptors (Lipinski definition) is 5. The van der Waals surface area contributed by atoms with Crippen LogP contribution in [0, 0.1) is 0 Å². The number of nitrogens with zero attached hydrogens (tertiary/aromatic N) is 3. The third kappa shape index (κ3) is 6.03. The molecule has 2 aromatic rings. The first kappa shape index (κ1) is 19.7. The molecule has 0 spiro atoms. The highest BCUT2D eigenvalue weighted by molar-refractivity contribution is 8.00. The molecule has 1 heterocycles. The molecule has 0 atom stereocenters. The molecule has 2 amide bonds. The van der Waals surface area contributed by atoms with Gasteiger partial charge in [-0.25, -0.2) is 9.99 Å². The summed E-state index contributed by atoms with van der Waals surface area (Å²) in [7, 11) is 0. The molecule has 0 radical (unpaired) electrons. The van der Waals surface area contributed by atoms with Crippen LogP contribution in [0.5, 0.6) is 0 Å². The van der Waals surface area contributed by atoms with E-state index in [1.54, 1.807) is 6.92 Å². The number of halogens is 3. The van der Waals surface area contributed by atoms with Crippen molar-refractivity contribution in [3.05, 3.63) is 54.1 Å². The van der Waals surface area contributed by atoms with Crippen molar-refractivity contribution in [2.45, 2.75) is 30.3 Å². The van der Waals surface area contributed by atoms with Crippen LogP contribution in [0.25, 0.3) is 0 Å². The number of thioether (sulfide) groups is 1. The summed E-state index contributed by atoms with van der Waals surface area (Å²) in [6.07, 6.45) is 4.17. The predicted molar refractivity (Wildman–Crippen MR) is 88.7 cm³/mol. The smallest absolute Gasteiger partial charge is 0.273 e. The minimum atomic E-state index is -4.37. The van der Waals surface area contributed by atoms with E-state index in [1.807, 2.05) is 0 Å². The molecule has 26 heavy (non-hydrogen) atoms. The minimum Gasteiger partial charge on any atom is -0.273 e. The fraction of sp³-hybridized carbons (Fsp3) is 0.250. The van der Waals surface area contributed by atoms with E-state index in [4.69, 9.17) is 0 Å². The Kier molecular flexibility index (Phi) is 6.56. The van der Waals surface area contributed by atoms with Crippen molar-refractivity contribution in [1.82, 2.24) is 20.4 Å². The van der Waals surface area contributed by atoms with Gasteiger partial charge in [0.05, 0.1) is 12.7 Å². The van der Waals surface area contributed by atoms with Crippen molar-refractivity contribution in [3.8, 4) is 0 Å². The van der Waals surface area contributed by atoms with E-state index in [9.17, 15) is 22.8 Å². The number of amides is 2. The Labute approximate surface area is 151 Å². The Morgan fingerprint density at radius 1 is 1.19 bits per heavy atom. The van der Waals surface area contributed by atoms with E-state index in [0.717, 1.165) is 5.01 Å². The first-order valence-corrected chi connectivity index (χ1v) is 8.32. The summed E-state index contributed by atoms with van der Waals surface area (Å²) >= 11 is -0.223. The number of rotatable bonds is 5. The summed E-state index contributed by atoms with van der Waals surface area (Å²) in [4.78, 5) is 31.9. The van der Waals surface area contributed by atoms with E-state index in [2.05, 4.69) is 15.4 Å². The number of carbonyl (C=O) groups excluding carboxylic acids is 2. The lowest BCUT2D eigenvalue weighted by Crippen LogP contribution is -2.45. The highest BCUT2D eigenvalue weighted by atomic mass is 32.2. The van der Waals surface area contributed by atoms with Crippen LogP contribution in [0.1, 0.15) is 29.4 Å². The molecule has 138 valence electrons. The maximum atomic E-state index is 12.5. The molecule has 0 saturated carbocycles. The van der Waals surface area contributed by atoms with Gasteiger partial charge in [0.15, 0.2) is 0 Å². The van der Waals surface area contributed by atoms with E-state index in [1.165, 1.54) is 42.9 Å². The lowest BCUT2D eigenvalue weighted by molar-refractivity contribution is -0.124. The molecule has 2 rings (SSSR count). The zero-order valence-electron chi connectivity index (χ0n) is 13.7. The molecule has 0 aliphatic rings. The fourth-order valence-electron chi connectivity index (χ4n) is 1.92. The Balaban J connectivity index is 2.16. The molecule has 6 nitrogen and oxygen atoms in total. The maximum absolute atomic E-state index is 12.5. The van der Waals surface area contributed by atoms with Gasteiger partial charge in [-0.05, 0) is 29.5 Å². The van der Waals surface area contributed by atoms with Gasteiger partial charge >= 0.3 is 5.51 Å². The van der Waals surface area contributed by atoms with E-state index >= 15 is 0 Å². The molecule has 10 heteroatoms. The van der Waals surface area contributed by atoms with Crippen molar-refractivity contribution < 1.29 is 22.8 Å². The normalized spacial score (nSPS) is 11.1. The number of carbonyl (C=O) groups is 2. The Morgan fingerprint density at radius 2 is 1.88 bits per heavy atom. The lowest BCUT2D eigenvalue weighted by Gasteiger charge is -2.23. The Morgan fingerprint density at radius 3 is 2.42 bits per heavy atom. The van der Waals surface area contributed by atoms with Crippen LogP contribution in [0.15, 0.2) is 47.8 Å². The summed E-state index contributed by atoms with van der Waals surface area (Å²) in [6, 6.07) is 5.53. The van der Waals surface area contributed by atoms with Crippen LogP contribution in [0.4, 0.5) is 13.2 Å². The van der Waals surface area contributed by atoms with Crippen LogP contribution in [-0.2, 0) is 11.3 Å². The molecule has 0 saturated heterocycles. The van der Waals surface area contributed by atoms with Crippen LogP contribution in [0.3, 0.4) is 0 Å². The number of alkyl halides is 3. The fourth-order valence-corrected chi connectivity index (χ4v) is 2.46. The molecule has 1 aromatic heterocycles. The van der Waals surface area contributed by atoms with E-state index in [-0.39, 0.29) is 41.2 Å². The average Bonchev–Trinajstić information content (AvgIpc) is 2.61. The van der Waals surface area contributed by atoms with Crippen LogP contribution in [-0.4, -0.2) is 32.3 Å². The minimum absolute atomic E-state index is 0.0297. The molecule has 1 N–H and O–H groups in total. The first-order chi connectivity index (χ1) is 12.3. The van der Waals surface area contributed by atoms with Gasteiger partial charge in [-0.2, -0.15) is 13.2 Å². The van der Waals surface area contributed by atoms with Gasteiger partial charge in [0.2, 0.25) is 5.91 Å². The van der Waals surface area contributed by atoms with Gasteiger partial charge in [0.1, 0.15) is 5.69 Å². The number of benzene rings is 1. The highest BCUT2D eigenvalue weighted by Gasteiger charge is 2.29. The summed E-state index contributed by atoms with van der Waals surface area (Å²) in [5.41, 5.74) is -1.33. The number of nitrogens with one attached hydrogen (secondary N) is 1. The summed E-state index contributed by atoms with van der Waals surface area (Å²) in [5, 5.41) is 1.06. The maximum Gasteiger partial charge on any atom is 0.446 e. The van der Waals surface area contributed by atoms with Gasteiger partial charge in [-0.1, -0.05) is 19.1 Å². The number of hydrogen-bond donors (Lipinski definition) is 1. The average molecular weight is 384 g/mol. The Hall–Kier alpha value is -2.62. The van der Waals surface area contributed by atoms with Crippen LogP contribution >= 0.6 is 11.8 Å². The summed E-state index contributed by atoms with van der Waals surface area (Å²) in [6.45, 7) is 1.60. The largest absolute Gasteiger partial charge is 0.446 e. The van der Waals surface area contributed by atoms with Gasteiger partial charge in [0.25, 0.3) is 5.91 Å². The molecule has 0 aliphatic carbocycles. The Bertz CT molecular complexity index is 754. The standard InChI is InChI=1S/C16H15F3N4O2S/c1-2-14(24)22-23(15(25)13-9-20-7-8-21-13)10-11-3-5-12(6-4-11)26-16(17,18)19/h3-9H,2,10H2,1H3,(H,22,24). The molecule has 0 aliphatic heterocycles. The molecular formula is C16H15F3N4O2S. The molecule has 1 aromatic carbocycles. The van der Waals surface area contributed by atoms with E-state index in [0.29, 0.717) is 5.56 Å². The third-order valence-corrected chi connectivity index (χ3v) is 3.85. The zero-order chi connectivity index (χ0) is 19.2. The van der Waals surface area contributed by atoms with Crippen molar-refractivity contribution in [3.63, 3.8) is 0 Å².